The Morgan fingerprint density at radius 2 is 1.98 bits per heavy atom. The van der Waals surface area contributed by atoms with Crippen LogP contribution in [0.3, 0.4) is 0 Å². The zero-order valence-corrected chi connectivity index (χ0v) is 23.3. The van der Waals surface area contributed by atoms with E-state index in [1.54, 1.807) is 43.0 Å². The van der Waals surface area contributed by atoms with E-state index in [1.165, 1.54) is 6.20 Å². The zero-order valence-electron chi connectivity index (χ0n) is 23.3. The quantitative estimate of drug-likeness (QED) is 0.324. The molecular weight excluding hydrogens is 506 g/mol. The molecule has 10 nitrogen and oxygen atoms in total. The molecule has 0 unspecified atom stereocenters. The minimum atomic E-state index is -0.994. The van der Waals surface area contributed by atoms with Crippen LogP contribution < -0.4 is 9.64 Å². The van der Waals surface area contributed by atoms with Crippen molar-refractivity contribution in [1.82, 2.24) is 24.6 Å². The summed E-state index contributed by atoms with van der Waals surface area (Å²) in [5.41, 5.74) is 2.39. The molecule has 0 saturated carbocycles. The Labute approximate surface area is 233 Å². The molecule has 1 fully saturated rings. The lowest BCUT2D eigenvalue weighted by atomic mass is 9.76. The van der Waals surface area contributed by atoms with Crippen molar-refractivity contribution < 1.29 is 14.6 Å². The van der Waals surface area contributed by atoms with Crippen molar-refractivity contribution in [3.8, 4) is 22.9 Å². The summed E-state index contributed by atoms with van der Waals surface area (Å²) in [5.74, 6) is 1.67. The molecule has 0 aromatic carbocycles. The van der Waals surface area contributed by atoms with E-state index in [0.717, 1.165) is 48.6 Å². The summed E-state index contributed by atoms with van der Waals surface area (Å²) >= 11 is 0. The van der Waals surface area contributed by atoms with Gasteiger partial charge in [-0.15, -0.1) is 0 Å². The van der Waals surface area contributed by atoms with E-state index in [1.807, 2.05) is 25.1 Å². The summed E-state index contributed by atoms with van der Waals surface area (Å²) in [6, 6.07) is 9.81. The molecule has 0 amide bonds. The van der Waals surface area contributed by atoms with Crippen LogP contribution in [0.1, 0.15) is 61.9 Å². The van der Waals surface area contributed by atoms with Crippen LogP contribution in [-0.4, -0.2) is 60.8 Å². The number of fused-ring (bicyclic) bond motifs is 1. The van der Waals surface area contributed by atoms with Crippen molar-refractivity contribution in [3.63, 3.8) is 0 Å². The zero-order chi connectivity index (χ0) is 28.5. The first-order valence-electron chi connectivity index (χ1n) is 13.3. The second-order valence-corrected chi connectivity index (χ2v) is 11.5. The van der Waals surface area contributed by atoms with Gasteiger partial charge in [0.15, 0.2) is 5.82 Å². The van der Waals surface area contributed by atoms with E-state index in [9.17, 15) is 15.2 Å². The molecule has 5 heterocycles. The highest BCUT2D eigenvalue weighted by Crippen LogP contribution is 2.37. The van der Waals surface area contributed by atoms with Crippen LogP contribution in [0.25, 0.3) is 16.6 Å². The standard InChI is InChI=1S/C30H33N7O3/c1-20-7-10-32-28(35-20)25(38)14-30(4)8-11-36(12-9-30)26-6-5-21(16-33-26)24-13-23(40-19-29(2,3)39)18-37-27(24)22(15-31)17-34-37/h5-7,10,13,16-18,39H,8-9,11-12,14,19H2,1-4H3. The Bertz CT molecular complexity index is 1570. The van der Waals surface area contributed by atoms with Gasteiger partial charge >= 0.3 is 0 Å². The Morgan fingerprint density at radius 1 is 1.20 bits per heavy atom. The summed E-state index contributed by atoms with van der Waals surface area (Å²) in [6.07, 6.45) is 8.80. The van der Waals surface area contributed by atoms with Gasteiger partial charge in [-0.25, -0.2) is 19.5 Å². The second-order valence-electron chi connectivity index (χ2n) is 11.5. The fourth-order valence-electron chi connectivity index (χ4n) is 4.97. The first kappa shape index (κ1) is 27.2. The number of nitrogens with zero attached hydrogens (tertiary/aromatic N) is 7. The number of carbonyl (C=O) groups is 1. The summed E-state index contributed by atoms with van der Waals surface area (Å²) in [7, 11) is 0. The third-order valence-electron chi connectivity index (χ3n) is 7.28. The van der Waals surface area contributed by atoms with Gasteiger partial charge in [-0.3, -0.25) is 4.79 Å². The van der Waals surface area contributed by atoms with Crippen LogP contribution in [0.4, 0.5) is 5.82 Å². The van der Waals surface area contributed by atoms with Gasteiger partial charge in [0.25, 0.3) is 0 Å². The molecule has 0 radical (unpaired) electrons. The van der Waals surface area contributed by atoms with Crippen molar-refractivity contribution in [2.24, 2.45) is 5.41 Å². The maximum atomic E-state index is 12.8. The van der Waals surface area contributed by atoms with Crippen molar-refractivity contribution >= 4 is 17.1 Å². The number of ether oxygens (including phenoxy) is 1. The lowest BCUT2D eigenvalue weighted by molar-refractivity contribution is 0.0283. The van der Waals surface area contributed by atoms with Crippen LogP contribution in [0, 0.1) is 23.7 Å². The Hall–Kier alpha value is -4.36. The molecule has 1 N–H and O–H groups in total. The molecule has 40 heavy (non-hydrogen) atoms. The molecule has 5 rings (SSSR count). The normalized spacial score (nSPS) is 15.2. The smallest absolute Gasteiger partial charge is 0.200 e. The first-order chi connectivity index (χ1) is 19.0. The van der Waals surface area contributed by atoms with Crippen LogP contribution in [-0.2, 0) is 0 Å². The number of carbonyl (C=O) groups excluding carboxylic acids is 1. The number of nitriles is 1. The molecule has 4 aromatic heterocycles. The number of rotatable bonds is 8. The van der Waals surface area contributed by atoms with Gasteiger partial charge in [-0.2, -0.15) is 10.4 Å². The van der Waals surface area contributed by atoms with E-state index >= 15 is 0 Å². The first-order valence-corrected chi connectivity index (χ1v) is 13.3. The van der Waals surface area contributed by atoms with Crippen molar-refractivity contribution in [2.75, 3.05) is 24.6 Å². The van der Waals surface area contributed by atoms with Crippen LogP contribution in [0.2, 0.25) is 0 Å². The molecule has 0 bridgehead atoms. The van der Waals surface area contributed by atoms with Gasteiger partial charge in [0, 0.05) is 48.7 Å². The number of aryl methyl sites for hydroxylation is 1. The minimum absolute atomic E-state index is 0.0150. The lowest BCUT2D eigenvalue weighted by Crippen LogP contribution is -2.40. The number of pyridine rings is 2. The fraction of sp³-hybridized carbons (Fsp3) is 0.400. The number of ketones is 1. The SMILES string of the molecule is Cc1ccnc(C(=O)CC2(C)CCN(c3ccc(-c4cc(OCC(C)(C)O)cn5ncc(C#N)c45)cn3)CC2)n1. The number of hydrogen-bond donors (Lipinski definition) is 1. The highest BCUT2D eigenvalue weighted by atomic mass is 16.5. The average Bonchev–Trinajstić information content (AvgIpc) is 3.35. The van der Waals surface area contributed by atoms with Crippen molar-refractivity contribution in [3.05, 3.63) is 66.1 Å². The molecule has 0 aliphatic carbocycles. The van der Waals surface area contributed by atoms with Crippen LogP contribution in [0.5, 0.6) is 5.75 Å². The van der Waals surface area contributed by atoms with Gasteiger partial charge < -0.3 is 14.7 Å². The fourth-order valence-corrected chi connectivity index (χ4v) is 4.97. The number of aliphatic hydroxyl groups is 1. The van der Waals surface area contributed by atoms with Gasteiger partial charge in [-0.05, 0) is 63.3 Å². The van der Waals surface area contributed by atoms with Crippen LogP contribution >= 0.6 is 0 Å². The Morgan fingerprint density at radius 3 is 2.62 bits per heavy atom. The summed E-state index contributed by atoms with van der Waals surface area (Å²) in [4.78, 5) is 28.3. The second kappa shape index (κ2) is 10.7. The molecule has 0 spiro atoms. The monoisotopic (exact) mass is 539 g/mol. The van der Waals surface area contributed by atoms with E-state index in [2.05, 4.69) is 33.0 Å². The minimum Gasteiger partial charge on any atom is -0.489 e. The lowest BCUT2D eigenvalue weighted by Gasteiger charge is -2.39. The maximum Gasteiger partial charge on any atom is 0.200 e. The molecule has 1 aliphatic heterocycles. The summed E-state index contributed by atoms with van der Waals surface area (Å²) in [5, 5.41) is 24.1. The highest BCUT2D eigenvalue weighted by Gasteiger charge is 2.33. The van der Waals surface area contributed by atoms with Gasteiger partial charge in [0.1, 0.15) is 24.2 Å². The molecule has 4 aromatic rings. The molecular formula is C30H33N7O3. The van der Waals surface area contributed by atoms with Crippen LogP contribution in [0.15, 0.2) is 49.1 Å². The number of Topliss-reactive ketones (excluding diaryl/α,β-unsaturated/α-hetero) is 1. The van der Waals surface area contributed by atoms with Crippen molar-refractivity contribution in [1.29, 1.82) is 5.26 Å². The molecule has 206 valence electrons. The Kier molecular flexibility index (Phi) is 7.25. The molecule has 1 aliphatic rings. The predicted octanol–water partition coefficient (Wildman–Crippen LogP) is 4.40. The number of aromatic nitrogens is 5. The topological polar surface area (TPSA) is 130 Å². The molecule has 1 saturated heterocycles. The van der Waals surface area contributed by atoms with Gasteiger partial charge in [-0.1, -0.05) is 6.92 Å². The summed E-state index contributed by atoms with van der Waals surface area (Å²) < 4.78 is 7.45. The largest absolute Gasteiger partial charge is 0.489 e. The third-order valence-corrected chi connectivity index (χ3v) is 7.28. The number of anilines is 1. The summed E-state index contributed by atoms with van der Waals surface area (Å²) in [6.45, 7) is 9.06. The van der Waals surface area contributed by atoms with E-state index in [-0.39, 0.29) is 17.8 Å². The number of piperidine rings is 1. The van der Waals surface area contributed by atoms with E-state index < -0.39 is 5.60 Å². The van der Waals surface area contributed by atoms with E-state index in [0.29, 0.717) is 29.1 Å². The van der Waals surface area contributed by atoms with Gasteiger partial charge in [0.2, 0.25) is 5.78 Å². The van der Waals surface area contributed by atoms with Gasteiger partial charge in [0.05, 0.1) is 29.1 Å². The van der Waals surface area contributed by atoms with Crippen molar-refractivity contribution in [2.45, 2.75) is 52.6 Å². The number of hydrogen-bond acceptors (Lipinski definition) is 9. The third kappa shape index (κ3) is 5.95. The maximum absolute atomic E-state index is 12.8. The highest BCUT2D eigenvalue weighted by molar-refractivity contribution is 5.93. The van der Waals surface area contributed by atoms with E-state index in [4.69, 9.17) is 9.72 Å². The Balaban J connectivity index is 1.31. The molecule has 10 heteroatoms. The predicted molar refractivity (Wildman–Crippen MR) is 150 cm³/mol. The molecule has 0 atom stereocenters. The average molecular weight is 540 g/mol.